The van der Waals surface area contributed by atoms with Crippen LogP contribution in [0.3, 0.4) is 0 Å². The zero-order valence-electron chi connectivity index (χ0n) is 9.69. The first-order valence-electron chi connectivity index (χ1n) is 5.58. The molecule has 2 heterocycles. The summed E-state index contributed by atoms with van der Waals surface area (Å²) in [6, 6.07) is -0.00481. The number of likely N-dealkylation sites (tertiary alicyclic amines) is 1. The molecular weight excluding hydrogens is 222 g/mol. The Morgan fingerprint density at radius 3 is 3.12 bits per heavy atom. The quantitative estimate of drug-likeness (QED) is 0.861. The largest absolute Gasteiger partial charge is 0.335 e. The Balaban J connectivity index is 2.01. The predicted octanol–water partition coefficient (Wildman–Crippen LogP) is 1.16. The molecule has 0 bridgehead atoms. The molecule has 0 aliphatic carbocycles. The Hall–Kier alpha value is -0.940. The highest BCUT2D eigenvalue weighted by molar-refractivity contribution is 7.09. The molecule has 0 saturated carbocycles. The number of amides is 1. The fourth-order valence-electron chi connectivity index (χ4n) is 2.00. The van der Waals surface area contributed by atoms with Crippen LogP contribution in [0.15, 0.2) is 5.38 Å². The minimum Gasteiger partial charge on any atom is -0.335 e. The molecule has 5 heteroatoms. The summed E-state index contributed by atoms with van der Waals surface area (Å²) in [4.78, 5) is 18.3. The van der Waals surface area contributed by atoms with Gasteiger partial charge in [0.05, 0.1) is 12.6 Å². The summed E-state index contributed by atoms with van der Waals surface area (Å²) < 4.78 is 0. The molecule has 1 aromatic heterocycles. The van der Waals surface area contributed by atoms with Gasteiger partial charge in [0.2, 0.25) is 5.91 Å². The highest BCUT2D eigenvalue weighted by Gasteiger charge is 2.27. The molecule has 4 nitrogen and oxygen atoms in total. The number of nitrogens with one attached hydrogen (secondary N) is 1. The van der Waals surface area contributed by atoms with E-state index in [0.717, 1.165) is 30.1 Å². The summed E-state index contributed by atoms with van der Waals surface area (Å²) >= 11 is 1.63. The predicted molar refractivity (Wildman–Crippen MR) is 64.3 cm³/mol. The van der Waals surface area contributed by atoms with Crippen LogP contribution < -0.4 is 5.32 Å². The van der Waals surface area contributed by atoms with Gasteiger partial charge in [-0.3, -0.25) is 4.79 Å². The lowest BCUT2D eigenvalue weighted by Crippen LogP contribution is -2.49. The van der Waals surface area contributed by atoms with Crippen LogP contribution in [-0.2, 0) is 11.3 Å². The number of carbonyl (C=O) groups excluding carboxylic acids is 1. The van der Waals surface area contributed by atoms with Crippen LogP contribution in [0.1, 0.15) is 23.5 Å². The molecule has 1 aromatic rings. The van der Waals surface area contributed by atoms with E-state index in [0.29, 0.717) is 6.54 Å². The first kappa shape index (κ1) is 11.5. The van der Waals surface area contributed by atoms with E-state index < -0.39 is 0 Å². The Kier molecular flexibility index (Phi) is 3.56. The summed E-state index contributed by atoms with van der Waals surface area (Å²) in [5.74, 6) is 0.210. The fourth-order valence-corrected chi connectivity index (χ4v) is 2.79. The van der Waals surface area contributed by atoms with Crippen LogP contribution in [0, 0.1) is 6.92 Å². The number of hydrogen-bond donors (Lipinski definition) is 1. The van der Waals surface area contributed by atoms with Gasteiger partial charge in [-0.05, 0) is 26.8 Å². The van der Waals surface area contributed by atoms with Gasteiger partial charge >= 0.3 is 0 Å². The minimum absolute atomic E-state index is 0.00481. The third-order valence-corrected chi connectivity index (χ3v) is 3.82. The summed E-state index contributed by atoms with van der Waals surface area (Å²) in [5.41, 5.74) is 1.04. The second-order valence-electron chi connectivity index (χ2n) is 4.13. The van der Waals surface area contributed by atoms with Crippen molar-refractivity contribution in [2.24, 2.45) is 0 Å². The average molecular weight is 239 g/mol. The highest BCUT2D eigenvalue weighted by atomic mass is 32.1. The van der Waals surface area contributed by atoms with E-state index in [9.17, 15) is 4.79 Å². The van der Waals surface area contributed by atoms with Gasteiger partial charge in [0.1, 0.15) is 5.01 Å². The van der Waals surface area contributed by atoms with Crippen LogP contribution in [0.2, 0.25) is 0 Å². The first-order chi connectivity index (χ1) is 7.70. The molecule has 1 amide bonds. The van der Waals surface area contributed by atoms with Crippen LogP contribution in [0.5, 0.6) is 0 Å². The Bertz CT molecular complexity index is 377. The third kappa shape index (κ3) is 2.41. The maximum atomic E-state index is 12.0. The number of aromatic nitrogens is 1. The zero-order valence-corrected chi connectivity index (χ0v) is 10.5. The number of carbonyl (C=O) groups is 1. The maximum Gasteiger partial charge on any atom is 0.240 e. The van der Waals surface area contributed by atoms with Crippen molar-refractivity contribution in [3.63, 3.8) is 0 Å². The van der Waals surface area contributed by atoms with E-state index in [4.69, 9.17) is 0 Å². The van der Waals surface area contributed by atoms with E-state index in [1.807, 2.05) is 24.3 Å². The fraction of sp³-hybridized carbons (Fsp3) is 0.636. The lowest BCUT2D eigenvalue weighted by Gasteiger charge is -2.31. The van der Waals surface area contributed by atoms with Gasteiger partial charge in [-0.15, -0.1) is 11.3 Å². The number of piperidine rings is 1. The topological polar surface area (TPSA) is 45.2 Å². The number of rotatable bonds is 3. The SMILES string of the molecule is CNC1CCCN(Cc2nc(C)cs2)C1=O. The van der Waals surface area contributed by atoms with E-state index in [2.05, 4.69) is 10.3 Å². The molecule has 1 atom stereocenters. The van der Waals surface area contributed by atoms with Crippen molar-refractivity contribution in [2.45, 2.75) is 32.4 Å². The van der Waals surface area contributed by atoms with E-state index in [-0.39, 0.29) is 11.9 Å². The molecule has 0 spiro atoms. The lowest BCUT2D eigenvalue weighted by atomic mass is 10.1. The van der Waals surface area contributed by atoms with Gasteiger partial charge in [0.25, 0.3) is 0 Å². The molecule has 1 N–H and O–H groups in total. The summed E-state index contributed by atoms with van der Waals surface area (Å²) in [6.45, 7) is 3.50. The van der Waals surface area contributed by atoms with Crippen molar-refractivity contribution in [2.75, 3.05) is 13.6 Å². The standard InChI is InChI=1S/C11H17N3OS/c1-8-7-16-10(13-8)6-14-5-3-4-9(12-2)11(14)15/h7,9,12H,3-6H2,1-2H3. The van der Waals surface area contributed by atoms with Gasteiger partial charge < -0.3 is 10.2 Å². The van der Waals surface area contributed by atoms with Gasteiger partial charge in [-0.1, -0.05) is 0 Å². The van der Waals surface area contributed by atoms with Crippen LogP contribution >= 0.6 is 11.3 Å². The van der Waals surface area contributed by atoms with Crippen molar-refractivity contribution in [3.05, 3.63) is 16.1 Å². The van der Waals surface area contributed by atoms with Crippen molar-refractivity contribution >= 4 is 17.2 Å². The number of nitrogens with zero attached hydrogens (tertiary/aromatic N) is 2. The number of likely N-dealkylation sites (N-methyl/N-ethyl adjacent to an activating group) is 1. The Morgan fingerprint density at radius 1 is 1.69 bits per heavy atom. The zero-order chi connectivity index (χ0) is 11.5. The van der Waals surface area contributed by atoms with Crippen LogP contribution in [0.4, 0.5) is 0 Å². The minimum atomic E-state index is -0.00481. The normalized spacial score (nSPS) is 21.5. The monoisotopic (exact) mass is 239 g/mol. The molecule has 1 saturated heterocycles. The van der Waals surface area contributed by atoms with Crippen LogP contribution in [0.25, 0.3) is 0 Å². The Labute approximate surface area is 99.7 Å². The van der Waals surface area contributed by atoms with Gasteiger partial charge in [0.15, 0.2) is 0 Å². The molecule has 2 rings (SSSR count). The van der Waals surface area contributed by atoms with Crippen molar-refractivity contribution < 1.29 is 4.79 Å². The van der Waals surface area contributed by atoms with Gasteiger partial charge in [-0.2, -0.15) is 0 Å². The molecule has 1 aliphatic heterocycles. The molecule has 1 fully saturated rings. The summed E-state index contributed by atoms with van der Waals surface area (Å²) in [5, 5.41) is 6.12. The lowest BCUT2D eigenvalue weighted by molar-refractivity contribution is -0.136. The van der Waals surface area contributed by atoms with Crippen LogP contribution in [-0.4, -0.2) is 35.4 Å². The van der Waals surface area contributed by atoms with Crippen molar-refractivity contribution in [1.82, 2.24) is 15.2 Å². The Morgan fingerprint density at radius 2 is 2.50 bits per heavy atom. The number of thiazole rings is 1. The number of aryl methyl sites for hydroxylation is 1. The molecule has 0 radical (unpaired) electrons. The van der Waals surface area contributed by atoms with Gasteiger partial charge in [-0.25, -0.2) is 4.98 Å². The van der Waals surface area contributed by atoms with E-state index >= 15 is 0 Å². The molecule has 0 aromatic carbocycles. The summed E-state index contributed by atoms with van der Waals surface area (Å²) in [7, 11) is 1.85. The second-order valence-corrected chi connectivity index (χ2v) is 5.07. The van der Waals surface area contributed by atoms with Crippen molar-refractivity contribution in [1.29, 1.82) is 0 Å². The average Bonchev–Trinajstić information content (AvgIpc) is 2.67. The smallest absolute Gasteiger partial charge is 0.240 e. The van der Waals surface area contributed by atoms with E-state index in [1.165, 1.54) is 0 Å². The molecule has 16 heavy (non-hydrogen) atoms. The molecule has 88 valence electrons. The maximum absolute atomic E-state index is 12.0. The highest BCUT2D eigenvalue weighted by Crippen LogP contribution is 2.17. The third-order valence-electron chi connectivity index (χ3n) is 2.87. The van der Waals surface area contributed by atoms with Gasteiger partial charge in [0, 0.05) is 17.6 Å². The van der Waals surface area contributed by atoms with Crippen molar-refractivity contribution in [3.8, 4) is 0 Å². The van der Waals surface area contributed by atoms with E-state index in [1.54, 1.807) is 11.3 Å². The molecule has 1 aliphatic rings. The molecule has 1 unspecified atom stereocenters. The second kappa shape index (κ2) is 4.93. The summed E-state index contributed by atoms with van der Waals surface area (Å²) in [6.07, 6.45) is 2.02. The molecular formula is C11H17N3OS. The first-order valence-corrected chi connectivity index (χ1v) is 6.45. The number of hydrogen-bond acceptors (Lipinski definition) is 4.